The summed E-state index contributed by atoms with van der Waals surface area (Å²) < 4.78 is 29.0. The Hall–Kier alpha value is 0.959. The first-order chi connectivity index (χ1) is 1.73. The molecule has 0 rings (SSSR count). The SMILES string of the molecule is FB(F)F.[Y]. The first-order valence-corrected chi connectivity index (χ1v) is 0.655. The molecule has 0 aromatic heterocycles. The third kappa shape index (κ3) is 47.2. The molecule has 0 amide bonds. The van der Waals surface area contributed by atoms with Crippen molar-refractivity contribution in [1.82, 2.24) is 0 Å². The van der Waals surface area contributed by atoms with Crippen molar-refractivity contribution in [2.45, 2.75) is 0 Å². The van der Waals surface area contributed by atoms with E-state index in [2.05, 4.69) is 0 Å². The summed E-state index contributed by atoms with van der Waals surface area (Å²) >= 11 is 0. The number of halogens is 3. The molecule has 0 aliphatic heterocycles. The molecular weight excluding hydrogens is 157 g/mol. The molecule has 1 radical (unpaired) electrons. The Balaban J connectivity index is 0. The molecular formula is BF3Y. The minimum Gasteiger partial charge on any atom is -0.254 e. The Bertz CT molecular complexity index is 11.6. The van der Waals surface area contributed by atoms with Gasteiger partial charge in [-0.15, -0.1) is 0 Å². The van der Waals surface area contributed by atoms with Crippen molar-refractivity contribution < 1.29 is 45.7 Å². The van der Waals surface area contributed by atoms with Crippen LogP contribution in [0.2, 0.25) is 0 Å². The minimum absolute atomic E-state index is 0. The van der Waals surface area contributed by atoms with E-state index in [-0.39, 0.29) is 32.7 Å². The molecule has 0 nitrogen and oxygen atoms in total. The maximum Gasteiger partial charge on any atom is 0.762 e. The molecule has 0 atom stereocenters. The molecule has 0 aromatic rings. The summed E-state index contributed by atoms with van der Waals surface area (Å²) in [5.74, 6) is 0. The molecule has 0 spiro atoms. The number of hydrogen-bond donors (Lipinski definition) is 0. The van der Waals surface area contributed by atoms with Gasteiger partial charge in [-0.3, -0.25) is 12.9 Å². The van der Waals surface area contributed by atoms with Gasteiger partial charge in [0.1, 0.15) is 0 Å². The van der Waals surface area contributed by atoms with Gasteiger partial charge in [0.15, 0.2) is 0 Å². The molecule has 0 bridgehead atoms. The van der Waals surface area contributed by atoms with Crippen LogP contribution in [0.5, 0.6) is 0 Å². The van der Waals surface area contributed by atoms with Gasteiger partial charge in [0, 0.05) is 32.7 Å². The fraction of sp³-hybridized carbons (Fsp3) is 0. The van der Waals surface area contributed by atoms with Crippen molar-refractivity contribution in [1.29, 1.82) is 0 Å². The average Bonchev–Trinajstić information content (AvgIpc) is 0.811. The monoisotopic (exact) mass is 157 g/mol. The van der Waals surface area contributed by atoms with E-state index in [0.717, 1.165) is 0 Å². The summed E-state index contributed by atoms with van der Waals surface area (Å²) in [6.45, 7) is 0. The van der Waals surface area contributed by atoms with E-state index in [1.165, 1.54) is 0 Å². The Morgan fingerprint density at radius 3 is 1.00 bits per heavy atom. The van der Waals surface area contributed by atoms with Gasteiger partial charge in [0.2, 0.25) is 0 Å². The van der Waals surface area contributed by atoms with Crippen LogP contribution in [-0.4, -0.2) is 7.54 Å². The molecule has 0 aliphatic carbocycles. The predicted molar refractivity (Wildman–Crippen MR) is 9.08 cm³/mol. The van der Waals surface area contributed by atoms with Crippen LogP contribution in [-0.2, 0) is 32.7 Å². The van der Waals surface area contributed by atoms with Crippen LogP contribution in [0.15, 0.2) is 0 Å². The van der Waals surface area contributed by atoms with Crippen LogP contribution in [0.1, 0.15) is 0 Å². The van der Waals surface area contributed by atoms with Crippen LogP contribution >= 0.6 is 0 Å². The van der Waals surface area contributed by atoms with E-state index in [9.17, 15) is 12.9 Å². The fourth-order valence-electron chi connectivity index (χ4n) is 0. The van der Waals surface area contributed by atoms with Crippen LogP contribution in [0, 0.1) is 0 Å². The first kappa shape index (κ1) is 9.35. The van der Waals surface area contributed by atoms with E-state index in [1.54, 1.807) is 0 Å². The molecule has 0 N–H and O–H groups in total. The molecule has 0 saturated heterocycles. The van der Waals surface area contributed by atoms with Gasteiger partial charge in [-0.1, -0.05) is 0 Å². The van der Waals surface area contributed by atoms with Crippen molar-refractivity contribution in [3.8, 4) is 0 Å². The van der Waals surface area contributed by atoms with E-state index in [4.69, 9.17) is 0 Å². The van der Waals surface area contributed by atoms with E-state index < -0.39 is 7.54 Å². The van der Waals surface area contributed by atoms with Crippen molar-refractivity contribution >= 4 is 7.54 Å². The van der Waals surface area contributed by atoms with Gasteiger partial charge < -0.3 is 0 Å². The molecule has 0 aromatic carbocycles. The van der Waals surface area contributed by atoms with Crippen LogP contribution in [0.4, 0.5) is 12.9 Å². The Morgan fingerprint density at radius 1 is 1.00 bits per heavy atom. The Kier molecular flexibility index (Phi) is 9.27. The molecule has 0 aliphatic rings. The molecule has 27 valence electrons. The minimum atomic E-state index is -3.67. The average molecular weight is 157 g/mol. The van der Waals surface area contributed by atoms with Gasteiger partial charge >= 0.3 is 7.54 Å². The van der Waals surface area contributed by atoms with Crippen LogP contribution in [0.3, 0.4) is 0 Å². The van der Waals surface area contributed by atoms with Crippen molar-refractivity contribution in [2.24, 2.45) is 0 Å². The summed E-state index contributed by atoms with van der Waals surface area (Å²) in [6, 6.07) is 0. The normalized spacial score (nSPS) is 5.40. The zero-order valence-corrected chi connectivity index (χ0v) is 5.13. The molecule has 5 heavy (non-hydrogen) atoms. The molecule has 5 heteroatoms. The summed E-state index contributed by atoms with van der Waals surface area (Å²) in [5.41, 5.74) is 0. The van der Waals surface area contributed by atoms with Crippen molar-refractivity contribution in [3.05, 3.63) is 0 Å². The smallest absolute Gasteiger partial charge is 0.254 e. The third-order valence-corrected chi connectivity index (χ3v) is 0. The summed E-state index contributed by atoms with van der Waals surface area (Å²) in [7, 11) is -3.67. The second-order valence-corrected chi connectivity index (χ2v) is 0.247. The van der Waals surface area contributed by atoms with Gasteiger partial charge in [0.25, 0.3) is 0 Å². The quantitative estimate of drug-likeness (QED) is 0.457. The Labute approximate surface area is 53.2 Å². The van der Waals surface area contributed by atoms with Gasteiger partial charge in [-0.25, -0.2) is 0 Å². The number of hydrogen-bond acceptors (Lipinski definition) is 0. The van der Waals surface area contributed by atoms with Crippen molar-refractivity contribution in [3.63, 3.8) is 0 Å². The van der Waals surface area contributed by atoms with E-state index >= 15 is 0 Å². The molecule has 0 heterocycles. The third-order valence-electron chi connectivity index (χ3n) is 0. The summed E-state index contributed by atoms with van der Waals surface area (Å²) in [4.78, 5) is 0. The molecule has 0 fully saturated rings. The predicted octanol–water partition coefficient (Wildman–Crippen LogP) is 0.877. The van der Waals surface area contributed by atoms with E-state index in [0.29, 0.717) is 0 Å². The second kappa shape index (κ2) is 4.96. The summed E-state index contributed by atoms with van der Waals surface area (Å²) in [5, 5.41) is 0. The van der Waals surface area contributed by atoms with Crippen LogP contribution < -0.4 is 0 Å². The molecule has 0 unspecified atom stereocenters. The van der Waals surface area contributed by atoms with Gasteiger partial charge in [0.05, 0.1) is 0 Å². The molecule has 0 saturated carbocycles. The largest absolute Gasteiger partial charge is 0.762 e. The van der Waals surface area contributed by atoms with Gasteiger partial charge in [-0.2, -0.15) is 0 Å². The van der Waals surface area contributed by atoms with Crippen LogP contribution in [0.25, 0.3) is 0 Å². The summed E-state index contributed by atoms with van der Waals surface area (Å²) in [6.07, 6.45) is 0. The second-order valence-electron chi connectivity index (χ2n) is 0.247. The van der Waals surface area contributed by atoms with Gasteiger partial charge in [-0.05, 0) is 0 Å². The Morgan fingerprint density at radius 2 is 1.00 bits per heavy atom. The van der Waals surface area contributed by atoms with Crippen molar-refractivity contribution in [2.75, 3.05) is 0 Å². The standard InChI is InChI=1S/BF3.Y/c2-1(3)4;. The van der Waals surface area contributed by atoms with E-state index in [1.807, 2.05) is 0 Å². The zero-order valence-electron chi connectivity index (χ0n) is 2.29. The zero-order chi connectivity index (χ0) is 3.58. The topological polar surface area (TPSA) is 0 Å². The fourth-order valence-corrected chi connectivity index (χ4v) is 0. The maximum absolute atomic E-state index is 9.67. The first-order valence-electron chi connectivity index (χ1n) is 0.655. The maximum atomic E-state index is 9.67. The number of rotatable bonds is 0.